The first-order valence-corrected chi connectivity index (χ1v) is 12.6. The van der Waals surface area contributed by atoms with E-state index in [1.807, 2.05) is 35.0 Å². The third-order valence-corrected chi connectivity index (χ3v) is 7.00. The first-order chi connectivity index (χ1) is 19.0. The molecule has 1 N–H and O–H groups in total. The van der Waals surface area contributed by atoms with Crippen molar-refractivity contribution in [2.24, 2.45) is 0 Å². The Kier molecular flexibility index (Phi) is 6.14. The van der Waals surface area contributed by atoms with Crippen LogP contribution in [0.2, 0.25) is 0 Å². The van der Waals surface area contributed by atoms with E-state index in [2.05, 4.69) is 15.3 Å². The van der Waals surface area contributed by atoms with Gasteiger partial charge in [-0.05, 0) is 49.7 Å². The predicted molar refractivity (Wildman–Crippen MR) is 148 cm³/mol. The van der Waals surface area contributed by atoms with Gasteiger partial charge in [-0.2, -0.15) is 0 Å². The van der Waals surface area contributed by atoms with Crippen LogP contribution in [0.15, 0.2) is 66.1 Å². The summed E-state index contributed by atoms with van der Waals surface area (Å²) in [5, 5.41) is 5.70. The molecule has 39 heavy (non-hydrogen) atoms. The Bertz CT molecular complexity index is 1880. The summed E-state index contributed by atoms with van der Waals surface area (Å²) in [7, 11) is 3.06. The van der Waals surface area contributed by atoms with E-state index in [-0.39, 0.29) is 11.5 Å². The predicted octanol–water partition coefficient (Wildman–Crippen LogP) is 3.78. The van der Waals surface area contributed by atoms with Crippen molar-refractivity contribution in [3.05, 3.63) is 71.7 Å². The maximum atomic E-state index is 13.9. The second-order valence-electron chi connectivity index (χ2n) is 9.30. The molecule has 2 aromatic carbocycles. The number of amides is 1. The van der Waals surface area contributed by atoms with Crippen LogP contribution in [0.1, 0.15) is 13.3 Å². The molecule has 0 aliphatic heterocycles. The third-order valence-electron chi connectivity index (χ3n) is 7.00. The number of hydrogen-bond donors (Lipinski definition) is 1. The number of pyridine rings is 2. The van der Waals surface area contributed by atoms with Crippen molar-refractivity contribution in [1.82, 2.24) is 24.3 Å². The molecule has 0 unspecified atom stereocenters. The average molecular weight is 526 g/mol. The van der Waals surface area contributed by atoms with Crippen LogP contribution in [0.3, 0.4) is 0 Å². The first kappa shape index (κ1) is 24.5. The lowest BCUT2D eigenvalue weighted by atomic mass is 10.1. The van der Waals surface area contributed by atoms with Gasteiger partial charge >= 0.3 is 0 Å². The molecule has 0 radical (unpaired) electrons. The monoisotopic (exact) mass is 525 g/mol. The molecule has 6 rings (SSSR count). The van der Waals surface area contributed by atoms with E-state index in [0.717, 1.165) is 29.3 Å². The molecular weight excluding hydrogens is 498 g/mol. The first-order valence-electron chi connectivity index (χ1n) is 12.6. The Balaban J connectivity index is 1.34. The lowest BCUT2D eigenvalue weighted by molar-refractivity contribution is -0.127. The van der Waals surface area contributed by atoms with E-state index >= 15 is 0 Å². The van der Waals surface area contributed by atoms with Crippen LogP contribution in [-0.2, 0) is 11.3 Å². The van der Waals surface area contributed by atoms with Gasteiger partial charge in [0.15, 0.2) is 17.6 Å². The number of hydrogen-bond acceptors (Lipinski definition) is 7. The maximum absolute atomic E-state index is 13.9. The van der Waals surface area contributed by atoms with Crippen molar-refractivity contribution in [2.45, 2.75) is 26.0 Å². The molecule has 6 aromatic rings. The summed E-state index contributed by atoms with van der Waals surface area (Å²) in [4.78, 5) is 35.2. The summed E-state index contributed by atoms with van der Waals surface area (Å²) in [6.07, 6.45) is 7.18. The zero-order valence-corrected chi connectivity index (χ0v) is 21.8. The van der Waals surface area contributed by atoms with Gasteiger partial charge in [0, 0.05) is 47.8 Å². The molecule has 10 heteroatoms. The molecule has 0 bridgehead atoms. The number of ether oxygens (including phenoxy) is 3. The van der Waals surface area contributed by atoms with Gasteiger partial charge in [-0.15, -0.1) is 0 Å². The number of nitrogens with one attached hydrogen (secondary N) is 1. The van der Waals surface area contributed by atoms with Gasteiger partial charge in [-0.25, -0.2) is 4.98 Å². The molecule has 0 saturated carbocycles. The highest BCUT2D eigenvalue weighted by atomic mass is 16.5. The van der Waals surface area contributed by atoms with Crippen LogP contribution in [0.25, 0.3) is 38.1 Å². The molecule has 198 valence electrons. The van der Waals surface area contributed by atoms with Gasteiger partial charge in [-0.3, -0.25) is 19.0 Å². The molecule has 10 nitrogen and oxygen atoms in total. The molecule has 4 heterocycles. The smallest absolute Gasteiger partial charge is 0.267 e. The van der Waals surface area contributed by atoms with Crippen molar-refractivity contribution in [2.75, 3.05) is 20.8 Å². The topological polar surface area (TPSA) is 109 Å². The Morgan fingerprint density at radius 2 is 1.92 bits per heavy atom. The third kappa shape index (κ3) is 4.04. The highest BCUT2D eigenvalue weighted by molar-refractivity contribution is 6.19. The number of benzene rings is 2. The highest BCUT2D eigenvalue weighted by Crippen LogP contribution is 2.39. The fourth-order valence-corrected chi connectivity index (χ4v) is 5.17. The fourth-order valence-electron chi connectivity index (χ4n) is 5.17. The van der Waals surface area contributed by atoms with E-state index in [1.165, 1.54) is 14.2 Å². The van der Waals surface area contributed by atoms with Crippen LogP contribution in [-0.4, -0.2) is 51.7 Å². The van der Waals surface area contributed by atoms with E-state index in [0.29, 0.717) is 45.6 Å². The number of carbonyl (C=O) groups excluding carboxylic acids is 1. The second kappa shape index (κ2) is 9.79. The quantitative estimate of drug-likeness (QED) is 0.226. The zero-order chi connectivity index (χ0) is 27.1. The van der Waals surface area contributed by atoms with E-state index in [9.17, 15) is 9.59 Å². The number of nitrogens with zero attached hydrogens (tertiary/aromatic N) is 4. The molecule has 0 aliphatic carbocycles. The average Bonchev–Trinajstić information content (AvgIpc) is 3.59. The van der Waals surface area contributed by atoms with Crippen molar-refractivity contribution in [3.63, 3.8) is 0 Å². The molecular formula is C29H27N5O5. The van der Waals surface area contributed by atoms with E-state index in [1.54, 1.807) is 42.2 Å². The SMILES string of the molecule is COc1ccc2c(c1OC)c(=O)n1c3ccc(O[C@@H](C)C(=O)NCCCn4ccnc4)cc3c3ccnc2c31. The Hall–Kier alpha value is -4.86. The number of fused-ring (bicyclic) bond motifs is 5. The normalized spacial score (nSPS) is 12.4. The molecule has 0 fully saturated rings. The summed E-state index contributed by atoms with van der Waals surface area (Å²) in [5.41, 5.74) is 1.89. The number of rotatable bonds is 9. The summed E-state index contributed by atoms with van der Waals surface area (Å²) < 4.78 is 20.7. The lowest BCUT2D eigenvalue weighted by Gasteiger charge is -2.15. The maximum Gasteiger partial charge on any atom is 0.267 e. The zero-order valence-electron chi connectivity index (χ0n) is 21.8. The Morgan fingerprint density at radius 1 is 1.05 bits per heavy atom. The van der Waals surface area contributed by atoms with Gasteiger partial charge in [0.2, 0.25) is 0 Å². The number of methoxy groups -OCH3 is 2. The summed E-state index contributed by atoms with van der Waals surface area (Å²) >= 11 is 0. The van der Waals surface area contributed by atoms with Crippen LogP contribution in [0.4, 0.5) is 0 Å². The van der Waals surface area contributed by atoms with Gasteiger partial charge in [0.25, 0.3) is 11.5 Å². The summed E-state index contributed by atoms with van der Waals surface area (Å²) in [6, 6.07) is 11.0. The van der Waals surface area contributed by atoms with Crippen LogP contribution >= 0.6 is 0 Å². The van der Waals surface area contributed by atoms with Gasteiger partial charge in [0.1, 0.15) is 5.75 Å². The number of aryl methyl sites for hydroxylation is 1. The molecule has 0 aliphatic rings. The van der Waals surface area contributed by atoms with Crippen molar-refractivity contribution in [1.29, 1.82) is 0 Å². The Labute approximate surface area is 223 Å². The van der Waals surface area contributed by atoms with E-state index < -0.39 is 6.10 Å². The number of imidazole rings is 1. The molecule has 0 saturated heterocycles. The summed E-state index contributed by atoms with van der Waals surface area (Å²) in [5.74, 6) is 1.18. The lowest BCUT2D eigenvalue weighted by Crippen LogP contribution is -2.37. The van der Waals surface area contributed by atoms with Crippen LogP contribution in [0.5, 0.6) is 17.2 Å². The Morgan fingerprint density at radius 3 is 2.69 bits per heavy atom. The minimum absolute atomic E-state index is 0.195. The van der Waals surface area contributed by atoms with E-state index in [4.69, 9.17) is 14.2 Å². The fraction of sp³-hybridized carbons (Fsp3) is 0.241. The molecule has 4 aromatic heterocycles. The second-order valence-corrected chi connectivity index (χ2v) is 9.30. The summed E-state index contributed by atoms with van der Waals surface area (Å²) in [6.45, 7) is 3.02. The van der Waals surface area contributed by atoms with Gasteiger partial charge in [-0.1, -0.05) is 0 Å². The van der Waals surface area contributed by atoms with Crippen molar-refractivity contribution < 1.29 is 19.0 Å². The molecule has 0 spiro atoms. The minimum Gasteiger partial charge on any atom is -0.493 e. The molecule has 1 atom stereocenters. The molecule has 1 amide bonds. The van der Waals surface area contributed by atoms with Crippen molar-refractivity contribution in [3.8, 4) is 17.2 Å². The van der Waals surface area contributed by atoms with Crippen LogP contribution in [0, 0.1) is 0 Å². The van der Waals surface area contributed by atoms with Gasteiger partial charge < -0.3 is 24.1 Å². The van der Waals surface area contributed by atoms with Crippen molar-refractivity contribution >= 4 is 44.0 Å². The van der Waals surface area contributed by atoms with Gasteiger partial charge in [0.05, 0.1) is 42.5 Å². The number of carbonyl (C=O) groups is 1. The largest absolute Gasteiger partial charge is 0.493 e. The number of aromatic nitrogens is 4. The minimum atomic E-state index is -0.695. The highest BCUT2D eigenvalue weighted by Gasteiger charge is 2.23. The standard InChI is InChI=1S/C29H27N5O5/c1-17(28(35)32-10-4-13-33-14-12-30-16-33)39-18-5-7-22-21(15-18)19-9-11-31-25-20-6-8-23(37-2)27(38-3)24(20)29(36)34(22)26(19)25/h5-9,11-12,14-17H,4,10,13H2,1-3H3,(H,32,35)/t17-/m0/s1. The van der Waals surface area contributed by atoms with Crippen LogP contribution < -0.4 is 25.1 Å².